The van der Waals surface area contributed by atoms with Gasteiger partial charge in [0.15, 0.2) is 6.10 Å². The molecule has 2 aromatic carbocycles. The summed E-state index contributed by atoms with van der Waals surface area (Å²) in [6.45, 7) is 1.09. The molecule has 2 atom stereocenters. The number of benzene rings is 2. The van der Waals surface area contributed by atoms with E-state index in [1.165, 1.54) is 24.3 Å². The van der Waals surface area contributed by atoms with Crippen LogP contribution in [0.2, 0.25) is 0 Å². The summed E-state index contributed by atoms with van der Waals surface area (Å²) in [7, 11) is 0. The predicted octanol–water partition coefficient (Wildman–Crippen LogP) is 4.23. The minimum absolute atomic E-state index is 0.219. The first-order valence-corrected chi connectivity index (χ1v) is 8.05. The third-order valence-electron chi connectivity index (χ3n) is 4.13. The Kier molecular flexibility index (Phi) is 4.78. The van der Waals surface area contributed by atoms with E-state index in [9.17, 15) is 22.8 Å². The van der Waals surface area contributed by atoms with Crippen LogP contribution in [0.3, 0.4) is 0 Å². The summed E-state index contributed by atoms with van der Waals surface area (Å²) in [4.78, 5) is 24.8. The van der Waals surface area contributed by atoms with Crippen molar-refractivity contribution in [3.05, 3.63) is 83.6 Å². The summed E-state index contributed by atoms with van der Waals surface area (Å²) in [6.07, 6.45) is -6.02. The van der Waals surface area contributed by atoms with Gasteiger partial charge in [-0.2, -0.15) is 13.2 Å². The summed E-state index contributed by atoms with van der Waals surface area (Å²) in [5.41, 5.74) is -1.58. The van der Waals surface area contributed by atoms with Crippen molar-refractivity contribution in [1.29, 1.82) is 0 Å². The summed E-state index contributed by atoms with van der Waals surface area (Å²) in [5.74, 6) is -3.27. The molecule has 0 saturated heterocycles. The quantitative estimate of drug-likeness (QED) is 0.753. The van der Waals surface area contributed by atoms with Crippen molar-refractivity contribution < 1.29 is 32.2 Å². The SMILES string of the molecule is CC(=O)O[C@@]1(c2ccccc2)C(=O)C=C(C(F)(F)F)O[C@@H]1c1ccccc1. The zero-order chi connectivity index (χ0) is 19.7. The van der Waals surface area contributed by atoms with Crippen LogP contribution in [-0.2, 0) is 24.7 Å². The number of carbonyl (C=O) groups is 2. The van der Waals surface area contributed by atoms with Gasteiger partial charge < -0.3 is 9.47 Å². The van der Waals surface area contributed by atoms with E-state index in [0.717, 1.165) is 6.92 Å². The van der Waals surface area contributed by atoms with E-state index in [1.807, 2.05) is 0 Å². The van der Waals surface area contributed by atoms with Gasteiger partial charge >= 0.3 is 12.1 Å². The Morgan fingerprint density at radius 2 is 1.59 bits per heavy atom. The third-order valence-corrected chi connectivity index (χ3v) is 4.13. The lowest BCUT2D eigenvalue weighted by atomic mass is 9.79. The van der Waals surface area contributed by atoms with Gasteiger partial charge in [-0.15, -0.1) is 0 Å². The molecule has 1 aliphatic heterocycles. The lowest BCUT2D eigenvalue weighted by molar-refractivity contribution is -0.201. The van der Waals surface area contributed by atoms with Crippen LogP contribution < -0.4 is 0 Å². The van der Waals surface area contributed by atoms with E-state index in [-0.39, 0.29) is 11.1 Å². The van der Waals surface area contributed by atoms with Gasteiger partial charge in [-0.1, -0.05) is 60.7 Å². The maximum atomic E-state index is 13.3. The number of allylic oxidation sites excluding steroid dienone is 1. The average molecular weight is 376 g/mol. The van der Waals surface area contributed by atoms with Crippen molar-refractivity contribution in [3.8, 4) is 0 Å². The number of ketones is 1. The van der Waals surface area contributed by atoms with Crippen LogP contribution in [0.25, 0.3) is 0 Å². The Morgan fingerprint density at radius 1 is 1.04 bits per heavy atom. The molecule has 0 aromatic heterocycles. The van der Waals surface area contributed by atoms with Crippen LogP contribution in [0.1, 0.15) is 24.2 Å². The second-order valence-corrected chi connectivity index (χ2v) is 5.97. The molecule has 0 bridgehead atoms. The van der Waals surface area contributed by atoms with E-state index in [1.54, 1.807) is 36.4 Å². The van der Waals surface area contributed by atoms with Crippen LogP contribution in [-0.4, -0.2) is 17.9 Å². The van der Waals surface area contributed by atoms with Crippen LogP contribution >= 0.6 is 0 Å². The minimum atomic E-state index is -4.86. The first-order chi connectivity index (χ1) is 12.7. The van der Waals surface area contributed by atoms with E-state index in [2.05, 4.69) is 0 Å². The molecule has 0 saturated carbocycles. The van der Waals surface area contributed by atoms with Gasteiger partial charge in [0, 0.05) is 18.6 Å². The highest BCUT2D eigenvalue weighted by atomic mass is 19.4. The normalized spacial score (nSPS) is 22.6. The summed E-state index contributed by atoms with van der Waals surface area (Å²) in [6, 6.07) is 15.8. The molecule has 4 nitrogen and oxygen atoms in total. The summed E-state index contributed by atoms with van der Waals surface area (Å²) < 4.78 is 50.4. The van der Waals surface area contributed by atoms with Crippen LogP contribution in [0.5, 0.6) is 0 Å². The molecule has 0 aliphatic carbocycles. The summed E-state index contributed by atoms with van der Waals surface area (Å²) >= 11 is 0. The Balaban J connectivity index is 2.28. The average Bonchev–Trinajstić information content (AvgIpc) is 2.63. The number of alkyl halides is 3. The van der Waals surface area contributed by atoms with Crippen LogP contribution in [0.15, 0.2) is 72.5 Å². The molecule has 0 unspecified atom stereocenters. The van der Waals surface area contributed by atoms with Crippen molar-refractivity contribution in [3.63, 3.8) is 0 Å². The molecule has 1 heterocycles. The Morgan fingerprint density at radius 3 is 2.11 bits per heavy atom. The van der Waals surface area contributed by atoms with Crippen LogP contribution in [0.4, 0.5) is 13.2 Å². The van der Waals surface area contributed by atoms with Crippen molar-refractivity contribution >= 4 is 11.8 Å². The Bertz CT molecular complexity index is 875. The van der Waals surface area contributed by atoms with Gasteiger partial charge in [0.05, 0.1) is 0 Å². The van der Waals surface area contributed by atoms with Crippen molar-refractivity contribution in [2.45, 2.75) is 24.8 Å². The van der Waals surface area contributed by atoms with Crippen molar-refractivity contribution in [1.82, 2.24) is 0 Å². The van der Waals surface area contributed by atoms with E-state index in [4.69, 9.17) is 9.47 Å². The standard InChI is InChI=1S/C20H15F3O4/c1-13(24)27-19(15-10-6-3-7-11-15)16(25)12-17(20(21,22)23)26-18(19)14-8-4-2-5-9-14/h2-12,18H,1H3/t18-,19+/m1/s1. The van der Waals surface area contributed by atoms with Crippen molar-refractivity contribution in [2.24, 2.45) is 0 Å². The van der Waals surface area contributed by atoms with Gasteiger partial charge in [-0.3, -0.25) is 9.59 Å². The number of rotatable bonds is 3. The minimum Gasteiger partial charge on any atom is -0.475 e. The fourth-order valence-electron chi connectivity index (χ4n) is 3.05. The smallest absolute Gasteiger partial charge is 0.449 e. The highest BCUT2D eigenvalue weighted by molar-refractivity contribution is 6.01. The fraction of sp³-hybridized carbons (Fsp3) is 0.200. The molecular weight excluding hydrogens is 361 g/mol. The highest BCUT2D eigenvalue weighted by Gasteiger charge is 2.57. The Hall–Kier alpha value is -3.09. The van der Waals surface area contributed by atoms with Crippen LogP contribution in [0, 0.1) is 0 Å². The molecular formula is C20H15F3O4. The molecule has 0 amide bonds. The topological polar surface area (TPSA) is 52.6 Å². The summed E-state index contributed by atoms with van der Waals surface area (Å²) in [5, 5.41) is 0. The molecule has 2 aromatic rings. The maximum Gasteiger partial charge on any atom is 0.449 e. The second kappa shape index (κ2) is 6.90. The monoisotopic (exact) mass is 376 g/mol. The van der Waals surface area contributed by atoms with E-state index >= 15 is 0 Å². The zero-order valence-electron chi connectivity index (χ0n) is 14.2. The molecule has 7 heteroatoms. The number of hydrogen-bond donors (Lipinski definition) is 0. The lowest BCUT2D eigenvalue weighted by Gasteiger charge is -2.41. The van der Waals surface area contributed by atoms with Gasteiger partial charge in [0.1, 0.15) is 0 Å². The molecule has 27 heavy (non-hydrogen) atoms. The molecule has 1 aliphatic rings. The molecule has 3 rings (SSSR count). The highest BCUT2D eigenvalue weighted by Crippen LogP contribution is 2.48. The number of halogens is 3. The zero-order valence-corrected chi connectivity index (χ0v) is 14.2. The number of esters is 1. The first-order valence-electron chi connectivity index (χ1n) is 8.05. The van der Waals surface area contributed by atoms with E-state index < -0.39 is 35.4 Å². The number of ether oxygens (including phenoxy) is 2. The predicted molar refractivity (Wildman–Crippen MR) is 89.3 cm³/mol. The number of hydrogen-bond acceptors (Lipinski definition) is 4. The molecule has 140 valence electrons. The second-order valence-electron chi connectivity index (χ2n) is 5.97. The van der Waals surface area contributed by atoms with Crippen molar-refractivity contribution in [2.75, 3.05) is 0 Å². The largest absolute Gasteiger partial charge is 0.475 e. The first kappa shape index (κ1) is 18.7. The van der Waals surface area contributed by atoms with Gasteiger partial charge in [-0.05, 0) is 5.56 Å². The molecule has 0 fully saturated rings. The third kappa shape index (κ3) is 3.45. The van der Waals surface area contributed by atoms with E-state index in [0.29, 0.717) is 6.08 Å². The lowest BCUT2D eigenvalue weighted by Crippen LogP contribution is -2.49. The number of carbonyl (C=O) groups excluding carboxylic acids is 2. The molecule has 0 spiro atoms. The maximum absolute atomic E-state index is 13.3. The fourth-order valence-corrected chi connectivity index (χ4v) is 3.05. The van der Waals surface area contributed by atoms with Gasteiger partial charge in [0.25, 0.3) is 0 Å². The Labute approximate surface area is 153 Å². The van der Waals surface area contributed by atoms with Gasteiger partial charge in [-0.25, -0.2) is 0 Å². The molecule has 0 radical (unpaired) electrons. The van der Waals surface area contributed by atoms with Gasteiger partial charge in [0.2, 0.25) is 17.1 Å². The molecule has 0 N–H and O–H groups in total.